The quantitative estimate of drug-likeness (QED) is 0.840. The van der Waals surface area contributed by atoms with Gasteiger partial charge in [-0.05, 0) is 38.3 Å². The lowest BCUT2D eigenvalue weighted by Crippen LogP contribution is -2.39. The molecule has 0 heterocycles. The summed E-state index contributed by atoms with van der Waals surface area (Å²) < 4.78 is 20.1. The maximum absolute atomic E-state index is 14.3. The van der Waals surface area contributed by atoms with Gasteiger partial charge in [-0.25, -0.2) is 4.39 Å². The zero-order chi connectivity index (χ0) is 15.2. The second-order valence-corrected chi connectivity index (χ2v) is 6.16. The zero-order valence-corrected chi connectivity index (χ0v) is 13.5. The van der Waals surface area contributed by atoms with Crippen molar-refractivity contribution in [2.24, 2.45) is 5.92 Å². The minimum absolute atomic E-state index is 0.0431. The van der Waals surface area contributed by atoms with Crippen molar-refractivity contribution >= 4 is 0 Å². The highest BCUT2D eigenvalue weighted by Crippen LogP contribution is 2.35. The van der Waals surface area contributed by atoms with Gasteiger partial charge < -0.3 is 10.1 Å². The van der Waals surface area contributed by atoms with Gasteiger partial charge in [0.2, 0.25) is 0 Å². The van der Waals surface area contributed by atoms with Crippen LogP contribution < -0.4 is 5.32 Å². The summed E-state index contributed by atoms with van der Waals surface area (Å²) >= 11 is 0. The predicted octanol–water partition coefficient (Wildman–Crippen LogP) is 4.38. The lowest BCUT2D eigenvalue weighted by atomic mass is 9.80. The lowest BCUT2D eigenvalue weighted by Gasteiger charge is -2.35. The molecule has 1 aliphatic rings. The Morgan fingerprint density at radius 1 is 1.29 bits per heavy atom. The Hall–Kier alpha value is -0.930. The van der Waals surface area contributed by atoms with Gasteiger partial charge in [0.05, 0.1) is 12.1 Å². The largest absolute Gasteiger partial charge is 0.379 e. The van der Waals surface area contributed by atoms with Gasteiger partial charge in [0.15, 0.2) is 0 Å². The molecule has 0 bridgehead atoms. The third kappa shape index (κ3) is 4.04. The highest BCUT2D eigenvalue weighted by Gasteiger charge is 2.32. The summed E-state index contributed by atoms with van der Waals surface area (Å²) in [7, 11) is 1.76. The Morgan fingerprint density at radius 3 is 2.62 bits per heavy atom. The van der Waals surface area contributed by atoms with Crippen LogP contribution >= 0.6 is 0 Å². The highest BCUT2D eigenvalue weighted by atomic mass is 19.1. The number of nitrogens with one attached hydrogen (secondary N) is 1. The van der Waals surface area contributed by atoms with Gasteiger partial charge in [-0.2, -0.15) is 0 Å². The first kappa shape index (κ1) is 16.4. The molecule has 0 saturated heterocycles. The van der Waals surface area contributed by atoms with Crippen molar-refractivity contribution in [2.45, 2.75) is 58.1 Å². The fraction of sp³-hybridized carbons (Fsp3) is 0.667. The molecule has 2 unspecified atom stereocenters. The number of hydrogen-bond acceptors (Lipinski definition) is 2. The van der Waals surface area contributed by atoms with Crippen molar-refractivity contribution in [3.63, 3.8) is 0 Å². The van der Waals surface area contributed by atoms with Crippen LogP contribution in [-0.4, -0.2) is 19.8 Å². The Labute approximate surface area is 128 Å². The number of aryl methyl sites for hydroxylation is 1. The second kappa shape index (κ2) is 7.90. The van der Waals surface area contributed by atoms with E-state index in [-0.39, 0.29) is 18.0 Å². The van der Waals surface area contributed by atoms with Gasteiger partial charge in [-0.3, -0.25) is 0 Å². The van der Waals surface area contributed by atoms with E-state index in [1.807, 2.05) is 19.1 Å². The van der Waals surface area contributed by atoms with E-state index in [4.69, 9.17) is 4.74 Å². The van der Waals surface area contributed by atoms with Crippen molar-refractivity contribution in [2.75, 3.05) is 13.7 Å². The van der Waals surface area contributed by atoms with E-state index < -0.39 is 0 Å². The van der Waals surface area contributed by atoms with Crippen LogP contribution in [0.2, 0.25) is 0 Å². The normalized spacial score (nSPS) is 19.4. The van der Waals surface area contributed by atoms with Crippen LogP contribution in [0.1, 0.15) is 56.2 Å². The molecule has 1 fully saturated rings. The summed E-state index contributed by atoms with van der Waals surface area (Å²) in [5.41, 5.74) is 1.84. The van der Waals surface area contributed by atoms with Gasteiger partial charge in [0, 0.05) is 12.7 Å². The fourth-order valence-corrected chi connectivity index (χ4v) is 3.59. The van der Waals surface area contributed by atoms with Gasteiger partial charge >= 0.3 is 0 Å². The zero-order valence-electron chi connectivity index (χ0n) is 13.5. The molecule has 3 heteroatoms. The minimum atomic E-state index is -0.135. The van der Waals surface area contributed by atoms with Crippen LogP contribution in [0.5, 0.6) is 0 Å². The number of ether oxygens (including phenoxy) is 1. The number of likely N-dealkylation sites (N-methyl/N-ethyl adjacent to an activating group) is 1. The maximum atomic E-state index is 14.3. The highest BCUT2D eigenvalue weighted by molar-refractivity contribution is 5.28. The van der Waals surface area contributed by atoms with E-state index in [0.717, 1.165) is 17.7 Å². The van der Waals surface area contributed by atoms with Gasteiger partial charge in [0.1, 0.15) is 5.82 Å². The third-order valence-electron chi connectivity index (χ3n) is 4.63. The first-order chi connectivity index (χ1) is 10.2. The molecule has 2 rings (SSSR count). The average molecular weight is 293 g/mol. The molecule has 0 aromatic heterocycles. The first-order valence-electron chi connectivity index (χ1n) is 8.19. The molecule has 0 amide bonds. The second-order valence-electron chi connectivity index (χ2n) is 6.16. The first-order valence-corrected chi connectivity index (χ1v) is 8.19. The van der Waals surface area contributed by atoms with Crippen LogP contribution in [0.15, 0.2) is 18.2 Å². The molecule has 0 spiro atoms. The molecular formula is C18H28FNO. The van der Waals surface area contributed by atoms with E-state index in [1.54, 1.807) is 13.2 Å². The number of benzene rings is 1. The van der Waals surface area contributed by atoms with Crippen molar-refractivity contribution in [3.8, 4) is 0 Å². The monoisotopic (exact) mass is 293 g/mol. The van der Waals surface area contributed by atoms with E-state index in [0.29, 0.717) is 5.92 Å². The summed E-state index contributed by atoms with van der Waals surface area (Å²) in [4.78, 5) is 0. The smallest absolute Gasteiger partial charge is 0.128 e. The molecular weight excluding hydrogens is 265 g/mol. The number of hydrogen-bond donors (Lipinski definition) is 1. The maximum Gasteiger partial charge on any atom is 0.128 e. The van der Waals surface area contributed by atoms with E-state index in [1.165, 1.54) is 32.1 Å². The number of rotatable bonds is 6. The van der Waals surface area contributed by atoms with E-state index >= 15 is 0 Å². The summed E-state index contributed by atoms with van der Waals surface area (Å²) in [6.07, 6.45) is 6.26. The summed E-state index contributed by atoms with van der Waals surface area (Å²) in [5.74, 6) is 0.386. The molecule has 0 radical (unpaired) electrons. The molecule has 1 N–H and O–H groups in total. The summed E-state index contributed by atoms with van der Waals surface area (Å²) in [6.45, 7) is 4.88. The van der Waals surface area contributed by atoms with Crippen molar-refractivity contribution < 1.29 is 9.13 Å². The fourth-order valence-electron chi connectivity index (χ4n) is 3.59. The van der Waals surface area contributed by atoms with Crippen molar-refractivity contribution in [1.29, 1.82) is 0 Å². The molecule has 2 atom stereocenters. The Balaban J connectivity index is 2.28. The number of methoxy groups -OCH3 is 1. The van der Waals surface area contributed by atoms with Gasteiger partial charge in [-0.1, -0.05) is 43.9 Å². The standard InChI is InChI=1S/C18H28FNO/c1-4-20-17(15-12-13(2)10-11-16(15)19)18(21-3)14-8-6-5-7-9-14/h10-12,14,17-18,20H,4-9H2,1-3H3. The molecule has 1 aliphatic carbocycles. The van der Waals surface area contributed by atoms with E-state index in [2.05, 4.69) is 12.2 Å². The average Bonchev–Trinajstić information content (AvgIpc) is 2.51. The SMILES string of the molecule is CCNC(c1cc(C)ccc1F)C(OC)C1CCCCC1. The van der Waals surface area contributed by atoms with Crippen LogP contribution in [0.4, 0.5) is 4.39 Å². The summed E-state index contributed by atoms with van der Waals surface area (Å²) in [6, 6.07) is 5.28. The predicted molar refractivity (Wildman–Crippen MR) is 84.9 cm³/mol. The van der Waals surface area contributed by atoms with E-state index in [9.17, 15) is 4.39 Å². The minimum Gasteiger partial charge on any atom is -0.379 e. The van der Waals surface area contributed by atoms with Crippen LogP contribution in [0, 0.1) is 18.7 Å². The molecule has 21 heavy (non-hydrogen) atoms. The topological polar surface area (TPSA) is 21.3 Å². The van der Waals surface area contributed by atoms with Crippen LogP contribution in [-0.2, 0) is 4.74 Å². The van der Waals surface area contributed by atoms with Crippen molar-refractivity contribution in [1.82, 2.24) is 5.32 Å². The lowest BCUT2D eigenvalue weighted by molar-refractivity contribution is 0.00707. The number of halogens is 1. The van der Waals surface area contributed by atoms with Gasteiger partial charge in [0.25, 0.3) is 0 Å². The molecule has 118 valence electrons. The molecule has 1 aromatic rings. The summed E-state index contributed by atoms with van der Waals surface area (Å²) in [5, 5.41) is 3.45. The molecule has 1 saturated carbocycles. The third-order valence-corrected chi connectivity index (χ3v) is 4.63. The Kier molecular flexibility index (Phi) is 6.19. The molecule has 2 nitrogen and oxygen atoms in total. The van der Waals surface area contributed by atoms with Crippen LogP contribution in [0.3, 0.4) is 0 Å². The molecule has 0 aliphatic heterocycles. The Bertz CT molecular complexity index is 443. The van der Waals surface area contributed by atoms with Crippen LogP contribution in [0.25, 0.3) is 0 Å². The molecule has 1 aromatic carbocycles. The Morgan fingerprint density at radius 2 is 2.00 bits per heavy atom. The van der Waals surface area contributed by atoms with Crippen molar-refractivity contribution in [3.05, 3.63) is 35.1 Å². The van der Waals surface area contributed by atoms with Gasteiger partial charge in [-0.15, -0.1) is 0 Å².